The molecule has 21 heavy (non-hydrogen) atoms. The van der Waals surface area contributed by atoms with Gasteiger partial charge >= 0.3 is 5.97 Å². The van der Waals surface area contributed by atoms with Crippen LogP contribution in [-0.4, -0.2) is 27.5 Å². The number of rotatable bonds is 4. The Hall–Kier alpha value is -1.62. The van der Waals surface area contributed by atoms with E-state index in [1.165, 1.54) is 6.07 Å². The first-order valence-corrected chi connectivity index (χ1v) is 7.53. The van der Waals surface area contributed by atoms with Crippen LogP contribution in [-0.2, 0) is 4.79 Å². The Morgan fingerprint density at radius 2 is 2.10 bits per heavy atom. The first kappa shape index (κ1) is 15.8. The van der Waals surface area contributed by atoms with Crippen LogP contribution in [0.25, 0.3) is 0 Å². The molecule has 2 N–H and O–H groups in total. The highest BCUT2D eigenvalue weighted by Crippen LogP contribution is 2.34. The van der Waals surface area contributed by atoms with Crippen molar-refractivity contribution in [3.63, 3.8) is 0 Å². The van der Waals surface area contributed by atoms with Gasteiger partial charge in [-0.05, 0) is 43.7 Å². The number of carbonyl (C=O) groups is 2. The maximum absolute atomic E-state index is 12.2. The van der Waals surface area contributed by atoms with Crippen molar-refractivity contribution in [1.82, 2.24) is 10.3 Å². The number of pyridine rings is 1. The van der Waals surface area contributed by atoms with Crippen LogP contribution >= 0.6 is 11.6 Å². The standard InChI is InChI=1S/C15H19ClN2O3/c1-2-10-6-8-15(9-7-10,14(20)21)18-13(19)11-4-3-5-12(16)17-11/h3-5,10H,2,6-9H2,1H3,(H,18,19)(H,20,21). The lowest BCUT2D eigenvalue weighted by molar-refractivity contribution is -0.146. The zero-order valence-electron chi connectivity index (χ0n) is 11.9. The van der Waals surface area contributed by atoms with Crippen LogP contribution < -0.4 is 5.32 Å². The van der Waals surface area contributed by atoms with Crippen molar-refractivity contribution >= 4 is 23.5 Å². The summed E-state index contributed by atoms with van der Waals surface area (Å²) in [5, 5.41) is 12.4. The minimum atomic E-state index is -1.19. The molecule has 1 aliphatic rings. The van der Waals surface area contributed by atoms with Gasteiger partial charge in [-0.25, -0.2) is 9.78 Å². The Morgan fingerprint density at radius 1 is 1.43 bits per heavy atom. The molecule has 1 heterocycles. The molecule has 1 fully saturated rings. The van der Waals surface area contributed by atoms with Crippen molar-refractivity contribution in [2.24, 2.45) is 5.92 Å². The topological polar surface area (TPSA) is 79.3 Å². The maximum atomic E-state index is 12.2. The number of hydrogen-bond donors (Lipinski definition) is 2. The molecule has 114 valence electrons. The van der Waals surface area contributed by atoms with Gasteiger partial charge in [-0.1, -0.05) is 31.0 Å². The van der Waals surface area contributed by atoms with Crippen LogP contribution in [0, 0.1) is 5.92 Å². The average molecular weight is 311 g/mol. The molecular formula is C15H19ClN2O3. The fourth-order valence-corrected chi connectivity index (χ4v) is 2.95. The van der Waals surface area contributed by atoms with Gasteiger partial charge in [0.15, 0.2) is 0 Å². The van der Waals surface area contributed by atoms with E-state index in [4.69, 9.17) is 11.6 Å². The van der Waals surface area contributed by atoms with Gasteiger partial charge in [0.25, 0.3) is 5.91 Å². The molecule has 1 saturated carbocycles. The van der Waals surface area contributed by atoms with Crippen LogP contribution in [0.1, 0.15) is 49.5 Å². The highest BCUT2D eigenvalue weighted by atomic mass is 35.5. The Bertz CT molecular complexity index is 539. The third kappa shape index (κ3) is 3.53. The smallest absolute Gasteiger partial charge is 0.329 e. The van der Waals surface area contributed by atoms with Crippen molar-refractivity contribution in [2.75, 3.05) is 0 Å². The van der Waals surface area contributed by atoms with Gasteiger partial charge in [-0.2, -0.15) is 0 Å². The Labute approximate surface area is 128 Å². The Morgan fingerprint density at radius 3 is 2.62 bits per heavy atom. The van der Waals surface area contributed by atoms with E-state index in [1.54, 1.807) is 12.1 Å². The molecular weight excluding hydrogens is 292 g/mol. The summed E-state index contributed by atoms with van der Waals surface area (Å²) in [5.74, 6) is -0.930. The van der Waals surface area contributed by atoms with Gasteiger partial charge in [0.1, 0.15) is 16.4 Å². The second kappa shape index (κ2) is 6.43. The quantitative estimate of drug-likeness (QED) is 0.838. The molecule has 0 unspecified atom stereocenters. The molecule has 1 aromatic heterocycles. The maximum Gasteiger partial charge on any atom is 0.329 e. The monoisotopic (exact) mass is 310 g/mol. The molecule has 0 radical (unpaired) electrons. The lowest BCUT2D eigenvalue weighted by atomic mass is 9.75. The van der Waals surface area contributed by atoms with Crippen molar-refractivity contribution < 1.29 is 14.7 Å². The van der Waals surface area contributed by atoms with Crippen molar-refractivity contribution in [3.8, 4) is 0 Å². The summed E-state index contributed by atoms with van der Waals surface area (Å²) in [6.07, 6.45) is 3.57. The van der Waals surface area contributed by atoms with E-state index in [1.807, 2.05) is 0 Å². The van der Waals surface area contributed by atoms with Crippen LogP contribution in [0.5, 0.6) is 0 Å². The molecule has 5 nitrogen and oxygen atoms in total. The largest absolute Gasteiger partial charge is 0.480 e. The first-order chi connectivity index (χ1) is 9.97. The molecule has 0 saturated heterocycles. The number of carboxylic acid groups (broad SMARTS) is 1. The number of carboxylic acids is 1. The number of carbonyl (C=O) groups excluding carboxylic acids is 1. The fourth-order valence-electron chi connectivity index (χ4n) is 2.79. The summed E-state index contributed by atoms with van der Waals surface area (Å²) in [7, 11) is 0. The van der Waals surface area contributed by atoms with Crippen molar-refractivity contribution in [2.45, 2.75) is 44.6 Å². The second-order valence-corrected chi connectivity index (χ2v) is 5.93. The van der Waals surface area contributed by atoms with E-state index in [0.29, 0.717) is 18.8 Å². The summed E-state index contributed by atoms with van der Waals surface area (Å²) >= 11 is 5.76. The molecule has 6 heteroatoms. The van der Waals surface area contributed by atoms with E-state index in [9.17, 15) is 14.7 Å². The molecule has 1 aliphatic carbocycles. The number of aliphatic carboxylic acids is 1. The summed E-state index contributed by atoms with van der Waals surface area (Å²) < 4.78 is 0. The first-order valence-electron chi connectivity index (χ1n) is 7.15. The summed E-state index contributed by atoms with van der Waals surface area (Å²) in [6.45, 7) is 2.10. The summed E-state index contributed by atoms with van der Waals surface area (Å²) in [4.78, 5) is 27.8. The number of aromatic nitrogens is 1. The third-order valence-electron chi connectivity index (χ3n) is 4.25. The van der Waals surface area contributed by atoms with Crippen LogP contribution in [0.3, 0.4) is 0 Å². The van der Waals surface area contributed by atoms with Gasteiger partial charge in [0.2, 0.25) is 0 Å². The van der Waals surface area contributed by atoms with Gasteiger partial charge < -0.3 is 10.4 Å². The van der Waals surface area contributed by atoms with E-state index >= 15 is 0 Å². The Balaban J connectivity index is 2.14. The number of nitrogens with zero attached hydrogens (tertiary/aromatic N) is 1. The van der Waals surface area contributed by atoms with Gasteiger partial charge in [0.05, 0.1) is 0 Å². The molecule has 0 aliphatic heterocycles. The van der Waals surface area contributed by atoms with Gasteiger partial charge in [-0.15, -0.1) is 0 Å². The number of halogens is 1. The van der Waals surface area contributed by atoms with Gasteiger partial charge in [-0.3, -0.25) is 4.79 Å². The Kier molecular flexibility index (Phi) is 4.83. The number of nitrogens with one attached hydrogen (secondary N) is 1. The molecule has 0 bridgehead atoms. The highest BCUT2D eigenvalue weighted by Gasteiger charge is 2.43. The van der Waals surface area contributed by atoms with Crippen LogP contribution in [0.2, 0.25) is 5.15 Å². The third-order valence-corrected chi connectivity index (χ3v) is 4.46. The predicted octanol–water partition coefficient (Wildman–Crippen LogP) is 2.89. The number of amides is 1. The van der Waals surface area contributed by atoms with Crippen molar-refractivity contribution in [3.05, 3.63) is 29.0 Å². The van der Waals surface area contributed by atoms with E-state index in [2.05, 4.69) is 17.2 Å². The van der Waals surface area contributed by atoms with Crippen molar-refractivity contribution in [1.29, 1.82) is 0 Å². The second-order valence-electron chi connectivity index (χ2n) is 5.54. The van der Waals surface area contributed by atoms with E-state index < -0.39 is 17.4 Å². The van der Waals surface area contributed by atoms with E-state index in [-0.39, 0.29) is 10.8 Å². The van der Waals surface area contributed by atoms with Crippen LogP contribution in [0.15, 0.2) is 18.2 Å². The zero-order chi connectivity index (χ0) is 15.5. The summed E-state index contributed by atoms with van der Waals surface area (Å²) in [5.41, 5.74) is -1.05. The number of hydrogen-bond acceptors (Lipinski definition) is 3. The lowest BCUT2D eigenvalue weighted by Crippen LogP contribution is -2.56. The molecule has 0 aromatic carbocycles. The summed E-state index contributed by atoms with van der Waals surface area (Å²) in [6, 6.07) is 4.71. The molecule has 1 aromatic rings. The minimum absolute atomic E-state index is 0.140. The van der Waals surface area contributed by atoms with E-state index in [0.717, 1.165) is 19.3 Å². The highest BCUT2D eigenvalue weighted by molar-refractivity contribution is 6.29. The molecule has 1 amide bonds. The predicted molar refractivity (Wildman–Crippen MR) is 79.3 cm³/mol. The zero-order valence-corrected chi connectivity index (χ0v) is 12.7. The normalized spacial score (nSPS) is 25.3. The molecule has 0 spiro atoms. The molecule has 2 rings (SSSR count). The molecule has 0 atom stereocenters. The van der Waals surface area contributed by atoms with Crippen LogP contribution in [0.4, 0.5) is 0 Å². The minimum Gasteiger partial charge on any atom is -0.480 e. The van der Waals surface area contributed by atoms with Gasteiger partial charge in [0, 0.05) is 0 Å². The fraction of sp³-hybridized carbons (Fsp3) is 0.533. The lowest BCUT2D eigenvalue weighted by Gasteiger charge is -2.37. The average Bonchev–Trinajstić information content (AvgIpc) is 2.47. The SMILES string of the molecule is CCC1CCC(NC(=O)c2cccc(Cl)n2)(C(=O)O)CC1.